The highest BCUT2D eigenvalue weighted by atomic mass is 35.5. The second-order valence-corrected chi connectivity index (χ2v) is 6.42. The summed E-state index contributed by atoms with van der Waals surface area (Å²) in [5.74, 6) is -2.02. The molecule has 0 saturated carbocycles. The van der Waals surface area contributed by atoms with Gasteiger partial charge in [-0.1, -0.05) is 29.8 Å². The minimum atomic E-state index is -0.900. The van der Waals surface area contributed by atoms with Crippen LogP contribution in [0.3, 0.4) is 0 Å². The quantitative estimate of drug-likeness (QED) is 0.929. The predicted octanol–water partition coefficient (Wildman–Crippen LogP) is 2.98. The number of aliphatic carboxylic acids is 1. The van der Waals surface area contributed by atoms with Crippen LogP contribution in [0.1, 0.15) is 27.5 Å². The molecule has 1 aromatic carbocycles. The lowest BCUT2D eigenvalue weighted by molar-refractivity contribution is -0.141. The summed E-state index contributed by atoms with van der Waals surface area (Å²) in [5, 5.41) is 10.1. The fourth-order valence-corrected chi connectivity index (χ4v) is 3.25. The molecule has 0 spiro atoms. The van der Waals surface area contributed by atoms with Crippen molar-refractivity contribution in [3.8, 4) is 0 Å². The fourth-order valence-electron chi connectivity index (χ4n) is 3.13. The molecule has 0 unspecified atom stereocenters. The molecule has 0 radical (unpaired) electrons. The second-order valence-electron chi connectivity index (χ2n) is 5.98. The molecule has 1 N–H and O–H groups in total. The smallest absolute Gasteiger partial charge is 0.308 e. The average molecular weight is 345 g/mol. The van der Waals surface area contributed by atoms with Crippen molar-refractivity contribution in [3.05, 3.63) is 64.4 Å². The van der Waals surface area contributed by atoms with E-state index in [0.717, 1.165) is 11.1 Å². The molecule has 6 heteroatoms. The molecule has 0 bridgehead atoms. The summed E-state index contributed by atoms with van der Waals surface area (Å²) >= 11 is 5.90. The molecular formula is C18H17ClN2O3. The number of likely N-dealkylation sites (tertiary alicyclic amines) is 1. The van der Waals surface area contributed by atoms with Gasteiger partial charge in [0.05, 0.1) is 5.92 Å². The van der Waals surface area contributed by atoms with E-state index in [1.165, 1.54) is 0 Å². The van der Waals surface area contributed by atoms with Crippen molar-refractivity contribution in [2.24, 2.45) is 5.92 Å². The number of amides is 1. The monoisotopic (exact) mass is 344 g/mol. The number of halogens is 1. The highest BCUT2D eigenvalue weighted by Crippen LogP contribution is 2.34. The van der Waals surface area contributed by atoms with E-state index in [0.29, 0.717) is 17.3 Å². The second kappa shape index (κ2) is 6.61. The number of carbonyl (C=O) groups excluding carboxylic acids is 1. The van der Waals surface area contributed by atoms with E-state index in [4.69, 9.17) is 11.6 Å². The molecule has 5 nitrogen and oxygen atoms in total. The first-order chi connectivity index (χ1) is 11.5. The molecule has 2 aromatic rings. The lowest BCUT2D eigenvalue weighted by Gasteiger charge is -2.17. The van der Waals surface area contributed by atoms with E-state index in [9.17, 15) is 14.7 Å². The van der Waals surface area contributed by atoms with Crippen molar-refractivity contribution >= 4 is 23.5 Å². The Bertz CT molecular complexity index is 776. The number of carboxylic acid groups (broad SMARTS) is 1. The molecule has 1 saturated heterocycles. The van der Waals surface area contributed by atoms with Crippen LogP contribution in [0.25, 0.3) is 0 Å². The van der Waals surface area contributed by atoms with Crippen molar-refractivity contribution in [3.63, 3.8) is 0 Å². The van der Waals surface area contributed by atoms with Crippen molar-refractivity contribution in [1.29, 1.82) is 0 Å². The maximum atomic E-state index is 12.7. The van der Waals surface area contributed by atoms with E-state index < -0.39 is 11.9 Å². The van der Waals surface area contributed by atoms with E-state index in [1.807, 2.05) is 25.1 Å². The molecule has 24 heavy (non-hydrogen) atoms. The Morgan fingerprint density at radius 2 is 1.92 bits per heavy atom. The molecule has 1 aromatic heterocycles. The molecule has 1 aliphatic rings. The van der Waals surface area contributed by atoms with Gasteiger partial charge in [-0.05, 0) is 36.2 Å². The highest BCUT2D eigenvalue weighted by Gasteiger charge is 2.41. The van der Waals surface area contributed by atoms with Gasteiger partial charge in [-0.3, -0.25) is 14.6 Å². The van der Waals surface area contributed by atoms with Crippen LogP contribution in [0.4, 0.5) is 0 Å². The average Bonchev–Trinajstić information content (AvgIpc) is 3.01. The Morgan fingerprint density at radius 1 is 1.21 bits per heavy atom. The van der Waals surface area contributed by atoms with E-state index in [2.05, 4.69) is 4.98 Å². The van der Waals surface area contributed by atoms with Crippen LogP contribution in [-0.4, -0.2) is 40.0 Å². The summed E-state index contributed by atoms with van der Waals surface area (Å²) in [7, 11) is 0. The number of aryl methyl sites for hydroxylation is 1. The van der Waals surface area contributed by atoms with Gasteiger partial charge < -0.3 is 10.0 Å². The number of nitrogens with zero attached hydrogens (tertiary/aromatic N) is 2. The van der Waals surface area contributed by atoms with Crippen molar-refractivity contribution in [2.45, 2.75) is 12.8 Å². The number of hydrogen-bond acceptors (Lipinski definition) is 3. The standard InChI is InChI=1S/C18H17ClN2O3/c1-11-3-2-8-20-16(11)17(22)21-9-14(15(10-21)18(23)24)12-4-6-13(19)7-5-12/h2-8,14-15H,9-10H2,1H3,(H,23,24)/t14-,15+/m0/s1. The maximum absolute atomic E-state index is 12.7. The summed E-state index contributed by atoms with van der Waals surface area (Å²) in [4.78, 5) is 30.1. The largest absolute Gasteiger partial charge is 0.481 e. The molecule has 1 amide bonds. The van der Waals surface area contributed by atoms with Gasteiger partial charge >= 0.3 is 5.97 Å². The SMILES string of the molecule is Cc1cccnc1C(=O)N1C[C@@H](C(=O)O)[C@H](c2ccc(Cl)cc2)C1. The first kappa shape index (κ1) is 16.5. The number of carboxylic acids is 1. The Kier molecular flexibility index (Phi) is 4.53. The Labute approximate surface area is 144 Å². The fraction of sp³-hybridized carbons (Fsp3) is 0.278. The van der Waals surface area contributed by atoms with Crippen LogP contribution in [0, 0.1) is 12.8 Å². The zero-order chi connectivity index (χ0) is 17.3. The minimum Gasteiger partial charge on any atom is -0.481 e. The van der Waals surface area contributed by atoms with Crippen LogP contribution in [0.2, 0.25) is 5.02 Å². The van der Waals surface area contributed by atoms with Crippen molar-refractivity contribution in [1.82, 2.24) is 9.88 Å². The number of rotatable bonds is 3. The Hall–Kier alpha value is -2.40. The Balaban J connectivity index is 1.87. The van der Waals surface area contributed by atoms with Crippen LogP contribution in [-0.2, 0) is 4.79 Å². The molecule has 2 heterocycles. The van der Waals surface area contributed by atoms with E-state index in [-0.39, 0.29) is 18.4 Å². The van der Waals surface area contributed by atoms with E-state index in [1.54, 1.807) is 29.3 Å². The predicted molar refractivity (Wildman–Crippen MR) is 90.2 cm³/mol. The minimum absolute atomic E-state index is 0.178. The molecule has 0 aliphatic carbocycles. The van der Waals surface area contributed by atoms with Gasteiger partial charge in [0.1, 0.15) is 5.69 Å². The van der Waals surface area contributed by atoms with Crippen LogP contribution in [0.15, 0.2) is 42.6 Å². The van der Waals surface area contributed by atoms with Gasteiger partial charge in [-0.2, -0.15) is 0 Å². The first-order valence-electron chi connectivity index (χ1n) is 7.66. The summed E-state index contributed by atoms with van der Waals surface area (Å²) in [6.07, 6.45) is 1.57. The van der Waals surface area contributed by atoms with E-state index >= 15 is 0 Å². The molecule has 124 valence electrons. The van der Waals surface area contributed by atoms with Gasteiger partial charge in [0.15, 0.2) is 0 Å². The first-order valence-corrected chi connectivity index (χ1v) is 8.04. The third kappa shape index (κ3) is 3.12. The lowest BCUT2D eigenvalue weighted by atomic mass is 9.89. The summed E-state index contributed by atoms with van der Waals surface area (Å²) in [6.45, 7) is 2.35. The number of carbonyl (C=O) groups is 2. The topological polar surface area (TPSA) is 70.5 Å². The van der Waals surface area contributed by atoms with Crippen molar-refractivity contribution in [2.75, 3.05) is 13.1 Å². The molecular weight excluding hydrogens is 328 g/mol. The maximum Gasteiger partial charge on any atom is 0.308 e. The number of benzene rings is 1. The van der Waals surface area contributed by atoms with Gasteiger partial charge in [0.2, 0.25) is 0 Å². The van der Waals surface area contributed by atoms with Crippen LogP contribution in [0.5, 0.6) is 0 Å². The molecule has 1 fully saturated rings. The third-order valence-corrected chi connectivity index (χ3v) is 4.69. The lowest BCUT2D eigenvalue weighted by Crippen LogP contribution is -2.31. The van der Waals surface area contributed by atoms with Crippen LogP contribution >= 0.6 is 11.6 Å². The number of aromatic nitrogens is 1. The molecule has 1 aliphatic heterocycles. The van der Waals surface area contributed by atoms with Gasteiger partial charge in [0, 0.05) is 30.2 Å². The van der Waals surface area contributed by atoms with Gasteiger partial charge in [-0.15, -0.1) is 0 Å². The third-order valence-electron chi connectivity index (χ3n) is 4.43. The van der Waals surface area contributed by atoms with Gasteiger partial charge in [0.25, 0.3) is 5.91 Å². The number of hydrogen-bond donors (Lipinski definition) is 1. The van der Waals surface area contributed by atoms with Crippen molar-refractivity contribution < 1.29 is 14.7 Å². The summed E-state index contributed by atoms with van der Waals surface area (Å²) in [5.41, 5.74) is 2.03. The molecule has 2 atom stereocenters. The van der Waals surface area contributed by atoms with Crippen LogP contribution < -0.4 is 0 Å². The normalized spacial score (nSPS) is 20.2. The summed E-state index contributed by atoms with van der Waals surface area (Å²) < 4.78 is 0. The zero-order valence-corrected chi connectivity index (χ0v) is 13.9. The Morgan fingerprint density at radius 3 is 2.54 bits per heavy atom. The highest BCUT2D eigenvalue weighted by molar-refractivity contribution is 6.30. The zero-order valence-electron chi connectivity index (χ0n) is 13.1. The van der Waals surface area contributed by atoms with Gasteiger partial charge in [-0.25, -0.2) is 0 Å². The number of pyridine rings is 1. The molecule has 3 rings (SSSR count). The summed E-state index contributed by atoms with van der Waals surface area (Å²) in [6, 6.07) is 10.7.